The van der Waals surface area contributed by atoms with Crippen LogP contribution >= 0.6 is 11.6 Å². The van der Waals surface area contributed by atoms with E-state index in [4.69, 9.17) is 25.8 Å². The predicted molar refractivity (Wildman–Crippen MR) is 93.4 cm³/mol. The number of fused-ring (bicyclic) bond motifs is 1. The zero-order chi connectivity index (χ0) is 16.9. The number of rotatable bonds is 4. The molecule has 124 valence electrons. The van der Waals surface area contributed by atoms with Crippen LogP contribution in [-0.2, 0) is 0 Å². The summed E-state index contributed by atoms with van der Waals surface area (Å²) in [5.41, 5.74) is 1.34. The first-order valence-corrected chi connectivity index (χ1v) is 8.01. The lowest BCUT2D eigenvalue weighted by atomic mass is 10.1. The van der Waals surface area contributed by atoms with Gasteiger partial charge in [0.2, 0.25) is 0 Å². The van der Waals surface area contributed by atoms with Crippen LogP contribution in [-0.4, -0.2) is 26.1 Å². The number of halogens is 1. The highest BCUT2D eigenvalue weighted by molar-refractivity contribution is 6.32. The fourth-order valence-corrected chi connectivity index (χ4v) is 2.67. The van der Waals surface area contributed by atoms with E-state index in [1.54, 1.807) is 43.5 Å². The van der Waals surface area contributed by atoms with Gasteiger partial charge >= 0.3 is 0 Å². The summed E-state index contributed by atoms with van der Waals surface area (Å²) in [4.78, 5) is 12.3. The number of hydrogen-bond donors (Lipinski definition) is 0. The molecule has 2 aromatic carbocycles. The zero-order valence-corrected chi connectivity index (χ0v) is 14.0. The molecule has 3 rings (SSSR count). The third kappa shape index (κ3) is 3.71. The van der Waals surface area contributed by atoms with Gasteiger partial charge in [0.05, 0.1) is 25.3 Å². The highest BCUT2D eigenvalue weighted by atomic mass is 35.5. The molecule has 0 unspecified atom stereocenters. The van der Waals surface area contributed by atoms with Crippen LogP contribution in [0.25, 0.3) is 6.08 Å². The van der Waals surface area contributed by atoms with Crippen molar-refractivity contribution in [1.29, 1.82) is 0 Å². The molecule has 0 aromatic heterocycles. The number of carbonyl (C=O) groups is 1. The summed E-state index contributed by atoms with van der Waals surface area (Å²) < 4.78 is 16.4. The molecule has 24 heavy (non-hydrogen) atoms. The topological polar surface area (TPSA) is 44.8 Å². The van der Waals surface area contributed by atoms with Crippen LogP contribution in [0.15, 0.2) is 42.5 Å². The molecular weight excluding hydrogens is 328 g/mol. The molecule has 0 radical (unpaired) electrons. The Morgan fingerprint density at radius 3 is 2.88 bits per heavy atom. The Bertz CT molecular complexity index is 783. The second-order valence-electron chi connectivity index (χ2n) is 5.31. The molecule has 5 heteroatoms. The van der Waals surface area contributed by atoms with Gasteiger partial charge in [0, 0.05) is 12.0 Å². The van der Waals surface area contributed by atoms with E-state index in [-0.39, 0.29) is 5.78 Å². The average molecular weight is 345 g/mol. The van der Waals surface area contributed by atoms with Gasteiger partial charge in [-0.15, -0.1) is 0 Å². The summed E-state index contributed by atoms with van der Waals surface area (Å²) in [6, 6.07) is 10.6. The maximum absolute atomic E-state index is 12.3. The molecule has 4 nitrogen and oxygen atoms in total. The van der Waals surface area contributed by atoms with Gasteiger partial charge in [-0.3, -0.25) is 4.79 Å². The Hall–Kier alpha value is -2.46. The van der Waals surface area contributed by atoms with Crippen LogP contribution in [0.3, 0.4) is 0 Å². The van der Waals surface area contributed by atoms with Gasteiger partial charge in [-0.1, -0.05) is 29.8 Å². The first-order chi connectivity index (χ1) is 11.7. The van der Waals surface area contributed by atoms with Crippen LogP contribution in [0.2, 0.25) is 5.02 Å². The van der Waals surface area contributed by atoms with Crippen molar-refractivity contribution in [2.45, 2.75) is 6.42 Å². The average Bonchev–Trinajstić information content (AvgIpc) is 2.85. The SMILES string of the molecule is COc1cccc(C(=O)/C=C/c2cc(Cl)c3c(c2)OCCCO3)c1. The fraction of sp³-hybridized carbons (Fsp3) is 0.211. The summed E-state index contributed by atoms with van der Waals surface area (Å²) in [6.45, 7) is 1.16. The summed E-state index contributed by atoms with van der Waals surface area (Å²) in [7, 11) is 1.57. The molecule has 2 aromatic rings. The van der Waals surface area contributed by atoms with Gasteiger partial charge in [0.25, 0.3) is 0 Å². The van der Waals surface area contributed by atoms with Crippen LogP contribution in [0, 0.1) is 0 Å². The van der Waals surface area contributed by atoms with E-state index in [2.05, 4.69) is 0 Å². The molecule has 0 saturated carbocycles. The highest BCUT2D eigenvalue weighted by Gasteiger charge is 2.15. The first-order valence-electron chi connectivity index (χ1n) is 7.63. The highest BCUT2D eigenvalue weighted by Crippen LogP contribution is 2.38. The van der Waals surface area contributed by atoms with Gasteiger partial charge < -0.3 is 14.2 Å². The Morgan fingerprint density at radius 1 is 1.21 bits per heavy atom. The number of ether oxygens (including phenoxy) is 3. The number of methoxy groups -OCH3 is 1. The summed E-state index contributed by atoms with van der Waals surface area (Å²) in [6.07, 6.45) is 4.02. The van der Waals surface area contributed by atoms with Gasteiger partial charge in [0.1, 0.15) is 5.75 Å². The Morgan fingerprint density at radius 2 is 2.04 bits per heavy atom. The number of benzene rings is 2. The minimum Gasteiger partial charge on any atom is -0.497 e. The molecule has 0 spiro atoms. The molecule has 0 saturated heterocycles. The van der Waals surface area contributed by atoms with E-state index >= 15 is 0 Å². The number of hydrogen-bond acceptors (Lipinski definition) is 4. The maximum atomic E-state index is 12.3. The Balaban J connectivity index is 1.82. The molecule has 0 fully saturated rings. The predicted octanol–water partition coefficient (Wildman–Crippen LogP) is 4.41. The van der Waals surface area contributed by atoms with Crippen molar-refractivity contribution in [2.24, 2.45) is 0 Å². The third-order valence-corrected chi connectivity index (χ3v) is 3.89. The van der Waals surface area contributed by atoms with Crippen molar-refractivity contribution in [1.82, 2.24) is 0 Å². The quantitative estimate of drug-likeness (QED) is 0.609. The van der Waals surface area contributed by atoms with Gasteiger partial charge in [-0.25, -0.2) is 0 Å². The van der Waals surface area contributed by atoms with Crippen molar-refractivity contribution in [3.8, 4) is 17.2 Å². The van der Waals surface area contributed by atoms with E-state index in [0.717, 1.165) is 12.0 Å². The van der Waals surface area contributed by atoms with E-state index in [0.29, 0.717) is 41.0 Å². The van der Waals surface area contributed by atoms with Gasteiger partial charge in [-0.2, -0.15) is 0 Å². The minimum absolute atomic E-state index is 0.114. The smallest absolute Gasteiger partial charge is 0.185 e. The summed E-state index contributed by atoms with van der Waals surface area (Å²) >= 11 is 6.25. The summed E-state index contributed by atoms with van der Waals surface area (Å²) in [5, 5.41) is 0.475. The molecule has 1 aliphatic rings. The Labute approximate surface area is 145 Å². The maximum Gasteiger partial charge on any atom is 0.185 e. The molecule has 0 amide bonds. The van der Waals surface area contributed by atoms with E-state index in [9.17, 15) is 4.79 Å². The van der Waals surface area contributed by atoms with Crippen molar-refractivity contribution >= 4 is 23.5 Å². The molecule has 1 heterocycles. The van der Waals surface area contributed by atoms with E-state index in [1.165, 1.54) is 6.08 Å². The minimum atomic E-state index is -0.114. The van der Waals surface area contributed by atoms with Crippen LogP contribution in [0.4, 0.5) is 0 Å². The molecular formula is C19H17ClO4. The van der Waals surface area contributed by atoms with E-state index in [1.807, 2.05) is 6.07 Å². The summed E-state index contributed by atoms with van der Waals surface area (Å²) in [5.74, 6) is 1.70. The van der Waals surface area contributed by atoms with Crippen molar-refractivity contribution < 1.29 is 19.0 Å². The van der Waals surface area contributed by atoms with Gasteiger partial charge in [-0.05, 0) is 35.9 Å². The lowest BCUT2D eigenvalue weighted by Gasteiger charge is -2.09. The van der Waals surface area contributed by atoms with Crippen molar-refractivity contribution in [2.75, 3.05) is 20.3 Å². The Kier molecular flexibility index (Phi) is 5.06. The lowest BCUT2D eigenvalue weighted by molar-refractivity contribution is 0.104. The largest absolute Gasteiger partial charge is 0.497 e. The zero-order valence-electron chi connectivity index (χ0n) is 13.3. The van der Waals surface area contributed by atoms with Crippen LogP contribution < -0.4 is 14.2 Å². The second kappa shape index (κ2) is 7.41. The monoisotopic (exact) mass is 344 g/mol. The van der Waals surface area contributed by atoms with Gasteiger partial charge in [0.15, 0.2) is 17.3 Å². The van der Waals surface area contributed by atoms with Crippen molar-refractivity contribution in [3.05, 3.63) is 58.6 Å². The molecule has 0 N–H and O–H groups in total. The first kappa shape index (κ1) is 16.4. The number of allylic oxidation sites excluding steroid dienone is 1. The standard InChI is InChI=1S/C19H17ClO4/c1-22-15-5-2-4-14(12-15)17(21)7-6-13-10-16(20)19-18(11-13)23-8-3-9-24-19/h2,4-7,10-12H,3,8-9H2,1H3/b7-6+. The lowest BCUT2D eigenvalue weighted by Crippen LogP contribution is -1.97. The second-order valence-corrected chi connectivity index (χ2v) is 5.72. The number of ketones is 1. The molecule has 1 aliphatic heterocycles. The fourth-order valence-electron chi connectivity index (χ4n) is 2.39. The van der Waals surface area contributed by atoms with Crippen LogP contribution in [0.1, 0.15) is 22.3 Å². The normalized spacial score (nSPS) is 13.6. The number of carbonyl (C=O) groups excluding carboxylic acids is 1. The van der Waals surface area contributed by atoms with E-state index < -0.39 is 0 Å². The molecule has 0 atom stereocenters. The molecule has 0 bridgehead atoms. The third-order valence-electron chi connectivity index (χ3n) is 3.61. The molecule has 0 aliphatic carbocycles. The van der Waals surface area contributed by atoms with Crippen molar-refractivity contribution in [3.63, 3.8) is 0 Å². The van der Waals surface area contributed by atoms with Crippen LogP contribution in [0.5, 0.6) is 17.2 Å².